The molecule has 0 aliphatic carbocycles. The Morgan fingerprint density at radius 3 is 2.62 bits per heavy atom. The van der Waals surface area contributed by atoms with E-state index in [0.717, 1.165) is 5.56 Å². The van der Waals surface area contributed by atoms with Crippen molar-refractivity contribution in [3.63, 3.8) is 0 Å². The van der Waals surface area contributed by atoms with Gasteiger partial charge in [-0.1, -0.05) is 13.0 Å². The number of ether oxygens (including phenoxy) is 2. The molecule has 0 bridgehead atoms. The molecule has 26 heavy (non-hydrogen) atoms. The van der Waals surface area contributed by atoms with Crippen LogP contribution in [0.3, 0.4) is 0 Å². The normalized spacial score (nSPS) is 10.7. The molecule has 1 atom stereocenters. The van der Waals surface area contributed by atoms with E-state index in [1.54, 1.807) is 37.7 Å². The van der Waals surface area contributed by atoms with Gasteiger partial charge in [-0.25, -0.2) is 0 Å². The van der Waals surface area contributed by atoms with Crippen molar-refractivity contribution in [3.05, 3.63) is 48.3 Å². The third kappa shape index (κ3) is 7.07. The van der Waals surface area contributed by atoms with E-state index in [9.17, 15) is 4.79 Å². The molecular weight excluding hydrogens is 377 g/mol. The van der Waals surface area contributed by atoms with Gasteiger partial charge < -0.3 is 20.1 Å². The second-order valence-corrected chi connectivity index (χ2v) is 5.46. The molecule has 1 amide bonds. The number of halogens is 2. The average Bonchev–Trinajstić information content (AvgIpc) is 2.61. The Kier molecular flexibility index (Phi) is 11.4. The molecule has 2 N–H and O–H groups in total. The standard InChI is InChI=1S/C18H23N3O3.2ClH/c1-13(10-19-2)18(22)21-15-6-7-16(23-3)17(9-15)24-12-14-5-4-8-20-11-14;;/h4-9,11,13,19H,10,12H2,1-3H3,(H,21,22);2*1H. The van der Waals surface area contributed by atoms with Crippen LogP contribution in [-0.4, -0.2) is 31.6 Å². The molecule has 0 fully saturated rings. The Bertz CT molecular complexity index is 672. The highest BCUT2D eigenvalue weighted by Gasteiger charge is 2.13. The van der Waals surface area contributed by atoms with Gasteiger partial charge in [-0.3, -0.25) is 9.78 Å². The number of pyridine rings is 1. The first-order valence-corrected chi connectivity index (χ1v) is 7.79. The first kappa shape index (κ1) is 24.0. The maximum atomic E-state index is 12.1. The van der Waals surface area contributed by atoms with Crippen molar-refractivity contribution in [1.82, 2.24) is 10.3 Å². The van der Waals surface area contributed by atoms with Crippen LogP contribution in [0.25, 0.3) is 0 Å². The Hall–Kier alpha value is -2.02. The van der Waals surface area contributed by atoms with Crippen LogP contribution in [0.15, 0.2) is 42.7 Å². The maximum absolute atomic E-state index is 12.1. The molecule has 1 unspecified atom stereocenters. The number of carbonyl (C=O) groups is 1. The van der Waals surface area contributed by atoms with E-state index >= 15 is 0 Å². The molecule has 0 saturated carbocycles. The van der Waals surface area contributed by atoms with Crippen molar-refractivity contribution >= 4 is 36.4 Å². The number of carbonyl (C=O) groups excluding carboxylic acids is 1. The highest BCUT2D eigenvalue weighted by Crippen LogP contribution is 2.31. The molecule has 0 radical (unpaired) electrons. The number of anilines is 1. The molecule has 2 rings (SSSR count). The summed E-state index contributed by atoms with van der Waals surface area (Å²) in [7, 11) is 3.40. The fourth-order valence-corrected chi connectivity index (χ4v) is 2.18. The largest absolute Gasteiger partial charge is 0.493 e. The van der Waals surface area contributed by atoms with E-state index in [1.165, 1.54) is 0 Å². The molecule has 144 valence electrons. The van der Waals surface area contributed by atoms with Gasteiger partial charge in [-0.05, 0) is 25.2 Å². The van der Waals surface area contributed by atoms with Gasteiger partial charge in [0.25, 0.3) is 0 Å². The Labute approximate surface area is 166 Å². The summed E-state index contributed by atoms with van der Waals surface area (Å²) in [5.41, 5.74) is 1.63. The SMILES string of the molecule is CNCC(C)C(=O)Nc1ccc(OC)c(OCc2cccnc2)c1.Cl.Cl. The minimum Gasteiger partial charge on any atom is -0.493 e. The van der Waals surface area contributed by atoms with E-state index in [0.29, 0.717) is 30.3 Å². The summed E-state index contributed by atoms with van der Waals surface area (Å²) in [4.78, 5) is 16.2. The number of aromatic nitrogens is 1. The number of rotatable bonds is 8. The summed E-state index contributed by atoms with van der Waals surface area (Å²) in [5.74, 6) is 1.00. The molecule has 1 aromatic carbocycles. The Morgan fingerprint density at radius 2 is 2.00 bits per heavy atom. The van der Waals surface area contributed by atoms with Crippen LogP contribution in [-0.2, 0) is 11.4 Å². The quantitative estimate of drug-likeness (QED) is 0.709. The average molecular weight is 402 g/mol. The van der Waals surface area contributed by atoms with Crippen LogP contribution < -0.4 is 20.1 Å². The predicted molar refractivity (Wildman–Crippen MR) is 108 cm³/mol. The second kappa shape index (κ2) is 12.4. The van der Waals surface area contributed by atoms with Gasteiger partial charge in [-0.2, -0.15) is 0 Å². The lowest BCUT2D eigenvalue weighted by molar-refractivity contribution is -0.119. The van der Waals surface area contributed by atoms with E-state index in [2.05, 4.69) is 15.6 Å². The Morgan fingerprint density at radius 1 is 1.23 bits per heavy atom. The van der Waals surface area contributed by atoms with Gasteiger partial charge in [0.15, 0.2) is 11.5 Å². The zero-order valence-corrected chi connectivity index (χ0v) is 16.7. The number of amides is 1. The van der Waals surface area contributed by atoms with Crippen LogP contribution >= 0.6 is 24.8 Å². The van der Waals surface area contributed by atoms with Gasteiger partial charge in [0.05, 0.1) is 7.11 Å². The first-order chi connectivity index (χ1) is 11.6. The molecule has 0 aliphatic rings. The van der Waals surface area contributed by atoms with E-state index in [4.69, 9.17) is 9.47 Å². The smallest absolute Gasteiger partial charge is 0.228 e. The second-order valence-electron chi connectivity index (χ2n) is 5.46. The van der Waals surface area contributed by atoms with Crippen molar-refractivity contribution < 1.29 is 14.3 Å². The number of hydrogen-bond donors (Lipinski definition) is 2. The third-order valence-corrected chi connectivity index (χ3v) is 3.51. The lowest BCUT2D eigenvalue weighted by atomic mass is 10.1. The lowest BCUT2D eigenvalue weighted by Gasteiger charge is -2.15. The molecule has 1 heterocycles. The van der Waals surface area contributed by atoms with Crippen LogP contribution in [0.1, 0.15) is 12.5 Å². The van der Waals surface area contributed by atoms with Crippen molar-refractivity contribution in [2.45, 2.75) is 13.5 Å². The van der Waals surface area contributed by atoms with Crippen molar-refractivity contribution in [1.29, 1.82) is 0 Å². The predicted octanol–water partition coefficient (Wildman–Crippen LogP) is 3.31. The molecule has 0 spiro atoms. The van der Waals surface area contributed by atoms with Crippen molar-refractivity contribution in [2.75, 3.05) is 26.0 Å². The zero-order valence-electron chi connectivity index (χ0n) is 15.0. The minimum atomic E-state index is -0.128. The Balaban J connectivity index is 0.00000312. The summed E-state index contributed by atoms with van der Waals surface area (Å²) < 4.78 is 11.1. The van der Waals surface area contributed by atoms with Crippen LogP contribution in [0.2, 0.25) is 0 Å². The van der Waals surface area contributed by atoms with Crippen molar-refractivity contribution in [2.24, 2.45) is 5.92 Å². The fourth-order valence-electron chi connectivity index (χ4n) is 2.18. The van der Waals surface area contributed by atoms with Gasteiger partial charge in [-0.15, -0.1) is 24.8 Å². The highest BCUT2D eigenvalue weighted by molar-refractivity contribution is 5.92. The zero-order chi connectivity index (χ0) is 17.4. The summed E-state index contributed by atoms with van der Waals surface area (Å²) in [5, 5.41) is 5.88. The topological polar surface area (TPSA) is 72.5 Å². The van der Waals surface area contributed by atoms with Gasteiger partial charge in [0.2, 0.25) is 5.91 Å². The lowest BCUT2D eigenvalue weighted by Crippen LogP contribution is -2.28. The van der Waals surface area contributed by atoms with Crippen LogP contribution in [0.4, 0.5) is 5.69 Å². The highest BCUT2D eigenvalue weighted by atomic mass is 35.5. The molecule has 2 aromatic rings. The number of nitrogens with one attached hydrogen (secondary N) is 2. The van der Waals surface area contributed by atoms with Gasteiger partial charge in [0.1, 0.15) is 6.61 Å². The van der Waals surface area contributed by atoms with Crippen LogP contribution in [0.5, 0.6) is 11.5 Å². The molecule has 0 aliphatic heterocycles. The number of methoxy groups -OCH3 is 1. The number of benzene rings is 1. The summed E-state index contributed by atoms with van der Waals surface area (Å²) in [6, 6.07) is 9.12. The number of nitrogens with zero attached hydrogens (tertiary/aromatic N) is 1. The summed E-state index contributed by atoms with van der Waals surface area (Å²) >= 11 is 0. The third-order valence-electron chi connectivity index (χ3n) is 3.51. The van der Waals surface area contributed by atoms with E-state index < -0.39 is 0 Å². The molecule has 1 aromatic heterocycles. The van der Waals surface area contributed by atoms with E-state index in [1.807, 2.05) is 26.1 Å². The van der Waals surface area contributed by atoms with Crippen molar-refractivity contribution in [3.8, 4) is 11.5 Å². The van der Waals surface area contributed by atoms with Gasteiger partial charge in [0, 0.05) is 42.2 Å². The monoisotopic (exact) mass is 401 g/mol. The van der Waals surface area contributed by atoms with Gasteiger partial charge >= 0.3 is 0 Å². The number of hydrogen-bond acceptors (Lipinski definition) is 5. The molecule has 8 heteroatoms. The van der Waals surface area contributed by atoms with E-state index in [-0.39, 0.29) is 36.6 Å². The summed E-state index contributed by atoms with van der Waals surface area (Å²) in [6.07, 6.45) is 3.46. The molecule has 6 nitrogen and oxygen atoms in total. The first-order valence-electron chi connectivity index (χ1n) is 7.79. The maximum Gasteiger partial charge on any atom is 0.228 e. The minimum absolute atomic E-state index is 0. The fraction of sp³-hybridized carbons (Fsp3) is 0.333. The molecule has 0 saturated heterocycles. The summed E-state index contributed by atoms with van der Waals surface area (Å²) in [6.45, 7) is 2.86. The molecular formula is C18H25Cl2N3O3. The van der Waals surface area contributed by atoms with Crippen LogP contribution in [0, 0.1) is 5.92 Å².